The normalized spacial score (nSPS) is 12.3. The van der Waals surface area contributed by atoms with Gasteiger partial charge in [-0.2, -0.15) is 0 Å². The average Bonchev–Trinajstić information content (AvgIpc) is 2.34. The van der Waals surface area contributed by atoms with E-state index in [0.717, 1.165) is 0 Å². The van der Waals surface area contributed by atoms with E-state index in [9.17, 15) is 9.18 Å². The van der Waals surface area contributed by atoms with Crippen molar-refractivity contribution in [2.45, 2.75) is 19.9 Å². The van der Waals surface area contributed by atoms with Crippen molar-refractivity contribution in [3.63, 3.8) is 0 Å². The zero-order valence-corrected chi connectivity index (χ0v) is 10.9. The van der Waals surface area contributed by atoms with Gasteiger partial charge in [-0.05, 0) is 18.1 Å². The van der Waals surface area contributed by atoms with Crippen LogP contribution in [-0.2, 0) is 0 Å². The fraction of sp³-hybridized carbons (Fsp3) is 0.462. The summed E-state index contributed by atoms with van der Waals surface area (Å²) < 4.78 is 18.7. The molecule has 0 aliphatic heterocycles. The van der Waals surface area contributed by atoms with E-state index in [4.69, 9.17) is 10.5 Å². The quantitative estimate of drug-likeness (QED) is 0.838. The maximum absolute atomic E-state index is 13.7. The van der Waals surface area contributed by atoms with E-state index in [1.54, 1.807) is 6.07 Å². The summed E-state index contributed by atoms with van der Waals surface area (Å²) in [6, 6.07) is 4.07. The Morgan fingerprint density at radius 3 is 2.67 bits per heavy atom. The smallest absolute Gasteiger partial charge is 0.258 e. The Balaban J connectivity index is 2.97. The topological polar surface area (TPSA) is 64.3 Å². The maximum Gasteiger partial charge on any atom is 0.258 e. The molecule has 1 amide bonds. The highest BCUT2D eigenvalue weighted by Crippen LogP contribution is 2.21. The van der Waals surface area contributed by atoms with Crippen LogP contribution in [0.25, 0.3) is 0 Å². The van der Waals surface area contributed by atoms with Crippen LogP contribution in [0.5, 0.6) is 5.75 Å². The van der Waals surface area contributed by atoms with Crippen molar-refractivity contribution in [3.8, 4) is 5.75 Å². The number of hydrogen-bond acceptors (Lipinski definition) is 3. The van der Waals surface area contributed by atoms with Gasteiger partial charge in [0.1, 0.15) is 17.1 Å². The van der Waals surface area contributed by atoms with Crippen molar-refractivity contribution in [3.05, 3.63) is 29.6 Å². The van der Waals surface area contributed by atoms with E-state index in [1.807, 2.05) is 13.8 Å². The first-order valence-corrected chi connectivity index (χ1v) is 5.84. The van der Waals surface area contributed by atoms with Crippen LogP contribution in [-0.4, -0.2) is 25.6 Å². The number of nitrogens with two attached hydrogens (primary N) is 1. The van der Waals surface area contributed by atoms with E-state index < -0.39 is 11.7 Å². The molecule has 0 aromatic heterocycles. The molecule has 0 fully saturated rings. The second kappa shape index (κ2) is 6.35. The van der Waals surface area contributed by atoms with E-state index in [0.29, 0.717) is 6.54 Å². The summed E-state index contributed by atoms with van der Waals surface area (Å²) in [6.07, 6.45) is 0. The van der Waals surface area contributed by atoms with Crippen LogP contribution in [0.1, 0.15) is 24.2 Å². The van der Waals surface area contributed by atoms with Gasteiger partial charge in [-0.3, -0.25) is 4.79 Å². The van der Waals surface area contributed by atoms with Crippen molar-refractivity contribution in [1.29, 1.82) is 0 Å². The van der Waals surface area contributed by atoms with Crippen LogP contribution in [0.3, 0.4) is 0 Å². The molecular formula is C13H19FN2O2. The minimum absolute atomic E-state index is 0.0842. The molecule has 0 saturated carbocycles. The number of nitrogens with one attached hydrogen (secondary N) is 1. The Labute approximate surface area is 106 Å². The first-order chi connectivity index (χ1) is 8.51. The third kappa shape index (κ3) is 3.20. The number of ether oxygens (including phenoxy) is 1. The van der Waals surface area contributed by atoms with Gasteiger partial charge in [0.05, 0.1) is 7.11 Å². The van der Waals surface area contributed by atoms with Crippen molar-refractivity contribution < 1.29 is 13.9 Å². The van der Waals surface area contributed by atoms with Gasteiger partial charge in [0.2, 0.25) is 0 Å². The summed E-state index contributed by atoms with van der Waals surface area (Å²) in [4.78, 5) is 12.0. The predicted octanol–water partition coefficient (Wildman–Crippen LogP) is 1.55. The van der Waals surface area contributed by atoms with E-state index in [-0.39, 0.29) is 23.3 Å². The maximum atomic E-state index is 13.7. The molecule has 18 heavy (non-hydrogen) atoms. The largest absolute Gasteiger partial charge is 0.496 e. The lowest BCUT2D eigenvalue weighted by atomic mass is 10.0. The van der Waals surface area contributed by atoms with Gasteiger partial charge >= 0.3 is 0 Å². The molecule has 3 N–H and O–H groups in total. The minimum Gasteiger partial charge on any atom is -0.496 e. The van der Waals surface area contributed by atoms with Crippen LogP contribution in [0.4, 0.5) is 4.39 Å². The Morgan fingerprint density at radius 2 is 2.17 bits per heavy atom. The van der Waals surface area contributed by atoms with Gasteiger partial charge in [-0.1, -0.05) is 19.9 Å². The molecule has 1 rings (SSSR count). The fourth-order valence-electron chi connectivity index (χ4n) is 1.63. The monoisotopic (exact) mass is 254 g/mol. The number of hydrogen-bond donors (Lipinski definition) is 2. The number of carbonyl (C=O) groups is 1. The van der Waals surface area contributed by atoms with Crippen molar-refractivity contribution in [1.82, 2.24) is 5.32 Å². The van der Waals surface area contributed by atoms with Crippen LogP contribution in [0.2, 0.25) is 0 Å². The number of benzene rings is 1. The van der Waals surface area contributed by atoms with Gasteiger partial charge in [-0.25, -0.2) is 4.39 Å². The van der Waals surface area contributed by atoms with Crippen molar-refractivity contribution >= 4 is 5.91 Å². The molecule has 5 heteroatoms. The Kier molecular flexibility index (Phi) is 5.09. The summed E-state index contributed by atoms with van der Waals surface area (Å²) >= 11 is 0. The highest BCUT2D eigenvalue weighted by molar-refractivity contribution is 5.97. The van der Waals surface area contributed by atoms with E-state index >= 15 is 0 Å². The summed E-state index contributed by atoms with van der Waals surface area (Å²) in [5.41, 5.74) is 5.48. The molecule has 0 spiro atoms. The lowest BCUT2D eigenvalue weighted by Crippen LogP contribution is -2.44. The number of carbonyl (C=O) groups excluding carboxylic acids is 1. The standard InChI is InChI=1S/C13H19FN2O2/c1-8(2)10(7-15)16-13(17)12-9(14)5-4-6-11(12)18-3/h4-6,8,10H,7,15H2,1-3H3,(H,16,17). The number of methoxy groups -OCH3 is 1. The average molecular weight is 254 g/mol. The van der Waals surface area contributed by atoms with Crippen molar-refractivity contribution in [2.75, 3.05) is 13.7 Å². The molecule has 0 aliphatic rings. The Bertz CT molecular complexity index is 421. The number of amides is 1. The lowest BCUT2D eigenvalue weighted by Gasteiger charge is -2.21. The van der Waals surface area contributed by atoms with Gasteiger partial charge in [0.25, 0.3) is 5.91 Å². The fourth-order valence-corrected chi connectivity index (χ4v) is 1.63. The Hall–Kier alpha value is -1.62. The van der Waals surface area contributed by atoms with Crippen LogP contribution < -0.4 is 15.8 Å². The number of halogens is 1. The molecule has 0 aliphatic carbocycles. The zero-order valence-electron chi connectivity index (χ0n) is 10.9. The summed E-state index contributed by atoms with van der Waals surface area (Å²) in [5.74, 6) is -0.718. The van der Waals surface area contributed by atoms with E-state index in [1.165, 1.54) is 19.2 Å². The molecule has 1 aromatic rings. The SMILES string of the molecule is COc1cccc(F)c1C(=O)NC(CN)C(C)C. The molecule has 1 unspecified atom stereocenters. The molecule has 1 atom stereocenters. The molecule has 0 bridgehead atoms. The third-order valence-electron chi connectivity index (χ3n) is 2.80. The zero-order chi connectivity index (χ0) is 13.7. The highest BCUT2D eigenvalue weighted by atomic mass is 19.1. The summed E-state index contributed by atoms with van der Waals surface area (Å²) in [5, 5.41) is 2.71. The van der Waals surface area contributed by atoms with Gasteiger partial charge < -0.3 is 15.8 Å². The van der Waals surface area contributed by atoms with Gasteiger partial charge in [-0.15, -0.1) is 0 Å². The van der Waals surface area contributed by atoms with Gasteiger partial charge in [0, 0.05) is 12.6 Å². The minimum atomic E-state index is -0.605. The second-order valence-corrected chi connectivity index (χ2v) is 4.38. The molecule has 0 saturated heterocycles. The molecule has 0 radical (unpaired) electrons. The molecule has 100 valence electrons. The van der Waals surface area contributed by atoms with Crippen LogP contribution in [0, 0.1) is 11.7 Å². The Morgan fingerprint density at radius 1 is 1.50 bits per heavy atom. The molecule has 4 nitrogen and oxygen atoms in total. The first-order valence-electron chi connectivity index (χ1n) is 5.84. The summed E-state index contributed by atoms with van der Waals surface area (Å²) in [7, 11) is 1.40. The molecule has 0 heterocycles. The van der Waals surface area contributed by atoms with E-state index in [2.05, 4.69) is 5.32 Å². The third-order valence-corrected chi connectivity index (χ3v) is 2.80. The summed E-state index contributed by atoms with van der Waals surface area (Å²) in [6.45, 7) is 4.19. The second-order valence-electron chi connectivity index (χ2n) is 4.38. The first kappa shape index (κ1) is 14.4. The van der Waals surface area contributed by atoms with Crippen molar-refractivity contribution in [2.24, 2.45) is 11.7 Å². The number of rotatable bonds is 5. The molecular weight excluding hydrogens is 235 g/mol. The van der Waals surface area contributed by atoms with Crippen LogP contribution in [0.15, 0.2) is 18.2 Å². The van der Waals surface area contributed by atoms with Crippen LogP contribution >= 0.6 is 0 Å². The predicted molar refractivity (Wildman–Crippen MR) is 68.1 cm³/mol. The van der Waals surface area contributed by atoms with Gasteiger partial charge in [0.15, 0.2) is 0 Å². The molecule has 1 aromatic carbocycles. The lowest BCUT2D eigenvalue weighted by molar-refractivity contribution is 0.0920. The highest BCUT2D eigenvalue weighted by Gasteiger charge is 2.21.